The van der Waals surface area contributed by atoms with Crippen molar-refractivity contribution < 1.29 is 8.42 Å². The highest BCUT2D eigenvalue weighted by Crippen LogP contribution is 2.19. The number of nitrogens with zero attached hydrogens (tertiary/aromatic N) is 2. The van der Waals surface area contributed by atoms with E-state index in [2.05, 4.69) is 14.7 Å². The number of halogens is 1. The van der Waals surface area contributed by atoms with E-state index in [0.717, 1.165) is 0 Å². The Bertz CT molecular complexity index is 598. The number of thiazole rings is 1. The highest BCUT2D eigenvalue weighted by molar-refractivity contribution is 7.89. The number of pyridine rings is 1. The average molecular weight is 290 g/mol. The van der Waals surface area contributed by atoms with Crippen LogP contribution in [0.3, 0.4) is 0 Å². The summed E-state index contributed by atoms with van der Waals surface area (Å²) in [5, 5.41) is 1.92. The van der Waals surface area contributed by atoms with Gasteiger partial charge in [-0.25, -0.2) is 18.1 Å². The SMILES string of the molecule is O=S(=O)(NCc1cscn1)c1cnccc1Cl. The second kappa shape index (κ2) is 5.09. The molecule has 0 bridgehead atoms. The molecule has 2 aromatic rings. The predicted octanol–water partition coefficient (Wildman–Crippen LogP) is 1.67. The van der Waals surface area contributed by atoms with Gasteiger partial charge in [-0.05, 0) is 6.07 Å². The lowest BCUT2D eigenvalue weighted by atomic mass is 10.5. The molecule has 0 aliphatic carbocycles. The molecule has 0 radical (unpaired) electrons. The molecule has 0 aliphatic heterocycles. The lowest BCUT2D eigenvalue weighted by Gasteiger charge is -2.06. The molecule has 17 heavy (non-hydrogen) atoms. The van der Waals surface area contributed by atoms with Crippen molar-refractivity contribution in [2.45, 2.75) is 11.4 Å². The predicted molar refractivity (Wildman–Crippen MR) is 65.4 cm³/mol. The van der Waals surface area contributed by atoms with Gasteiger partial charge < -0.3 is 0 Å². The van der Waals surface area contributed by atoms with Crippen molar-refractivity contribution in [2.75, 3.05) is 0 Å². The first kappa shape index (κ1) is 12.4. The molecule has 0 saturated carbocycles. The quantitative estimate of drug-likeness (QED) is 0.929. The minimum Gasteiger partial charge on any atom is -0.263 e. The molecule has 2 heterocycles. The Morgan fingerprint density at radius 1 is 1.47 bits per heavy atom. The van der Waals surface area contributed by atoms with Crippen molar-refractivity contribution >= 4 is 33.0 Å². The molecule has 0 saturated heterocycles. The van der Waals surface area contributed by atoms with Crippen LogP contribution in [-0.2, 0) is 16.6 Å². The van der Waals surface area contributed by atoms with E-state index in [9.17, 15) is 8.42 Å². The summed E-state index contributed by atoms with van der Waals surface area (Å²) in [6.07, 6.45) is 2.65. The van der Waals surface area contributed by atoms with Crippen molar-refractivity contribution in [3.05, 3.63) is 40.1 Å². The van der Waals surface area contributed by atoms with Gasteiger partial charge in [0.25, 0.3) is 0 Å². The number of aromatic nitrogens is 2. The fourth-order valence-electron chi connectivity index (χ4n) is 1.13. The summed E-state index contributed by atoms with van der Waals surface area (Å²) < 4.78 is 26.2. The fraction of sp³-hybridized carbons (Fsp3) is 0.111. The molecule has 2 rings (SSSR count). The van der Waals surface area contributed by atoms with E-state index < -0.39 is 10.0 Å². The van der Waals surface area contributed by atoms with E-state index in [1.54, 1.807) is 10.9 Å². The Morgan fingerprint density at radius 2 is 2.29 bits per heavy atom. The number of hydrogen-bond donors (Lipinski definition) is 1. The smallest absolute Gasteiger partial charge is 0.243 e. The summed E-state index contributed by atoms with van der Waals surface area (Å²) in [6.45, 7) is 0.136. The van der Waals surface area contributed by atoms with Gasteiger partial charge in [0.05, 0.1) is 22.8 Å². The van der Waals surface area contributed by atoms with Gasteiger partial charge in [-0.1, -0.05) is 11.6 Å². The maximum atomic E-state index is 11.9. The van der Waals surface area contributed by atoms with Gasteiger partial charge >= 0.3 is 0 Å². The zero-order chi connectivity index (χ0) is 12.3. The molecule has 8 heteroatoms. The van der Waals surface area contributed by atoms with Crippen LogP contribution >= 0.6 is 22.9 Å². The maximum absolute atomic E-state index is 11.9. The first-order valence-electron chi connectivity index (χ1n) is 4.56. The van der Waals surface area contributed by atoms with Crippen molar-refractivity contribution in [3.8, 4) is 0 Å². The van der Waals surface area contributed by atoms with E-state index >= 15 is 0 Å². The molecule has 0 fully saturated rings. The van der Waals surface area contributed by atoms with Crippen LogP contribution in [0.25, 0.3) is 0 Å². The summed E-state index contributed by atoms with van der Waals surface area (Å²) in [5.74, 6) is 0. The first-order valence-corrected chi connectivity index (χ1v) is 7.36. The van der Waals surface area contributed by atoms with Gasteiger partial charge in [0.2, 0.25) is 10.0 Å². The van der Waals surface area contributed by atoms with Crippen LogP contribution in [0.4, 0.5) is 0 Å². The fourth-order valence-corrected chi connectivity index (χ4v) is 3.12. The van der Waals surface area contributed by atoms with E-state index in [-0.39, 0.29) is 16.5 Å². The van der Waals surface area contributed by atoms with Gasteiger partial charge in [-0.3, -0.25) is 4.98 Å². The van der Waals surface area contributed by atoms with Gasteiger partial charge in [0, 0.05) is 17.8 Å². The van der Waals surface area contributed by atoms with Gasteiger partial charge in [0.15, 0.2) is 0 Å². The van der Waals surface area contributed by atoms with Crippen LogP contribution in [0.5, 0.6) is 0 Å². The largest absolute Gasteiger partial charge is 0.263 e. The van der Waals surface area contributed by atoms with E-state index in [0.29, 0.717) is 5.69 Å². The molecule has 2 aromatic heterocycles. The van der Waals surface area contributed by atoms with Crippen LogP contribution in [-0.4, -0.2) is 18.4 Å². The van der Waals surface area contributed by atoms with Crippen LogP contribution in [0, 0.1) is 0 Å². The van der Waals surface area contributed by atoms with E-state index in [4.69, 9.17) is 11.6 Å². The number of sulfonamides is 1. The van der Waals surface area contributed by atoms with Crippen molar-refractivity contribution in [1.82, 2.24) is 14.7 Å². The van der Waals surface area contributed by atoms with Crippen LogP contribution in [0.15, 0.2) is 34.2 Å². The standard InChI is InChI=1S/C9H8ClN3O2S2/c10-8-1-2-11-4-9(8)17(14,15)13-3-7-5-16-6-12-7/h1-2,4-6,13H,3H2. The van der Waals surface area contributed by atoms with Gasteiger partial charge in [-0.15, -0.1) is 11.3 Å². The van der Waals surface area contributed by atoms with E-state index in [1.165, 1.54) is 29.8 Å². The lowest BCUT2D eigenvalue weighted by Crippen LogP contribution is -2.23. The third kappa shape index (κ3) is 3.01. The molecule has 0 amide bonds. The zero-order valence-electron chi connectivity index (χ0n) is 8.50. The molecule has 0 aromatic carbocycles. The Balaban J connectivity index is 2.17. The van der Waals surface area contributed by atoms with Gasteiger partial charge in [0.1, 0.15) is 4.90 Å². The van der Waals surface area contributed by atoms with Crippen molar-refractivity contribution in [3.63, 3.8) is 0 Å². The Kier molecular flexibility index (Phi) is 3.72. The van der Waals surface area contributed by atoms with Crippen molar-refractivity contribution in [2.24, 2.45) is 0 Å². The van der Waals surface area contributed by atoms with E-state index in [1.807, 2.05) is 0 Å². The molecule has 90 valence electrons. The molecule has 0 atom stereocenters. The summed E-state index contributed by atoms with van der Waals surface area (Å²) in [5.41, 5.74) is 2.30. The summed E-state index contributed by atoms with van der Waals surface area (Å²) in [4.78, 5) is 7.69. The molecular formula is C9H8ClN3O2S2. The molecule has 5 nitrogen and oxygen atoms in total. The maximum Gasteiger partial charge on any atom is 0.243 e. The van der Waals surface area contributed by atoms with Crippen LogP contribution < -0.4 is 4.72 Å². The summed E-state index contributed by atoms with van der Waals surface area (Å²) in [7, 11) is -3.65. The molecular weight excluding hydrogens is 282 g/mol. The monoisotopic (exact) mass is 289 g/mol. The first-order chi connectivity index (χ1) is 8.09. The average Bonchev–Trinajstić information content (AvgIpc) is 2.80. The van der Waals surface area contributed by atoms with Crippen LogP contribution in [0.2, 0.25) is 5.02 Å². The second-order valence-electron chi connectivity index (χ2n) is 3.11. The number of hydrogen-bond acceptors (Lipinski definition) is 5. The molecule has 1 N–H and O–H groups in total. The Labute approximate surface area is 108 Å². The Morgan fingerprint density at radius 3 is 2.94 bits per heavy atom. The lowest BCUT2D eigenvalue weighted by molar-refractivity contribution is 0.580. The highest BCUT2D eigenvalue weighted by Gasteiger charge is 2.17. The molecule has 0 unspecified atom stereocenters. The van der Waals surface area contributed by atoms with Gasteiger partial charge in [-0.2, -0.15) is 0 Å². The topological polar surface area (TPSA) is 72.0 Å². The van der Waals surface area contributed by atoms with Crippen molar-refractivity contribution in [1.29, 1.82) is 0 Å². The third-order valence-electron chi connectivity index (χ3n) is 1.95. The molecule has 0 aliphatic rings. The third-order valence-corrected chi connectivity index (χ3v) is 4.46. The zero-order valence-corrected chi connectivity index (χ0v) is 10.9. The summed E-state index contributed by atoms with van der Waals surface area (Å²) >= 11 is 7.20. The number of rotatable bonds is 4. The minimum atomic E-state index is -3.65. The highest BCUT2D eigenvalue weighted by atomic mass is 35.5. The summed E-state index contributed by atoms with van der Waals surface area (Å²) in [6, 6.07) is 1.43. The normalized spacial score (nSPS) is 11.6. The van der Waals surface area contributed by atoms with Crippen LogP contribution in [0.1, 0.15) is 5.69 Å². The second-order valence-corrected chi connectivity index (χ2v) is 5.97. The minimum absolute atomic E-state index is 0.0307. The Hall–Kier alpha value is -1.02. The molecule has 0 spiro atoms. The number of nitrogens with one attached hydrogen (secondary N) is 1.